The molecule has 4 nitrogen and oxygen atoms in total. The van der Waals surface area contributed by atoms with Crippen LogP contribution >= 0.6 is 11.8 Å². The molecule has 3 N–H and O–H groups in total. The van der Waals surface area contributed by atoms with Gasteiger partial charge in [-0.1, -0.05) is 4.98 Å². The highest BCUT2D eigenvalue weighted by Gasteiger charge is 2.09. The highest BCUT2D eigenvalue weighted by molar-refractivity contribution is 7.98. The van der Waals surface area contributed by atoms with Crippen molar-refractivity contribution in [2.24, 2.45) is 7.05 Å². The van der Waals surface area contributed by atoms with Crippen LogP contribution in [0.4, 0.5) is 17.5 Å². The molecule has 2 aromatic rings. The summed E-state index contributed by atoms with van der Waals surface area (Å²) >= 11 is 1.72. The van der Waals surface area contributed by atoms with E-state index in [2.05, 4.69) is 28.7 Å². The second-order valence-corrected chi connectivity index (χ2v) is 4.93. The quantitative estimate of drug-likeness (QED) is 0.414. The third kappa shape index (κ3) is 3.97. The molecule has 0 bridgehead atoms. The Morgan fingerprint density at radius 2 is 1.89 bits per heavy atom. The SMILES string of the molecule is CSc1ccc(Nc2cc(C)[n+](C)c(N)n2)cc1.[I-]. The van der Waals surface area contributed by atoms with Crippen LogP contribution in [0.3, 0.4) is 0 Å². The normalized spacial score (nSPS) is 9.84. The van der Waals surface area contributed by atoms with Crippen LogP contribution in [0.1, 0.15) is 5.69 Å². The smallest absolute Gasteiger partial charge is 0.391 e. The Bertz CT molecular complexity index is 534. The molecule has 19 heavy (non-hydrogen) atoms. The number of rotatable bonds is 3. The number of aromatic nitrogens is 2. The number of nitrogens with one attached hydrogen (secondary N) is 1. The number of thioether (sulfide) groups is 1. The number of halogens is 1. The summed E-state index contributed by atoms with van der Waals surface area (Å²) in [5.41, 5.74) is 7.90. The molecule has 0 atom stereocenters. The number of hydrogen-bond donors (Lipinski definition) is 2. The number of nitrogens with zero attached hydrogens (tertiary/aromatic N) is 2. The Morgan fingerprint density at radius 1 is 1.26 bits per heavy atom. The number of nitrogen functional groups attached to an aromatic ring is 1. The van der Waals surface area contributed by atoms with E-state index in [1.54, 1.807) is 11.8 Å². The van der Waals surface area contributed by atoms with E-state index >= 15 is 0 Å². The first-order valence-corrected chi connectivity index (χ1v) is 6.87. The molecule has 0 aliphatic carbocycles. The van der Waals surface area contributed by atoms with Crippen molar-refractivity contribution in [2.45, 2.75) is 11.8 Å². The van der Waals surface area contributed by atoms with Gasteiger partial charge in [-0.25, -0.2) is 4.57 Å². The van der Waals surface area contributed by atoms with E-state index in [4.69, 9.17) is 5.73 Å². The standard InChI is InChI=1S/C13H16N4S.HI/c1-9-8-12(16-13(14)17(9)2)15-10-4-6-11(18-3)7-5-10;/h4-8H,1-3H3,(H2,14,15,16);1H. The molecule has 1 aromatic carbocycles. The van der Waals surface area contributed by atoms with Gasteiger partial charge in [-0.05, 0) is 37.4 Å². The first-order valence-electron chi connectivity index (χ1n) is 5.64. The Labute approximate surface area is 134 Å². The summed E-state index contributed by atoms with van der Waals surface area (Å²) in [7, 11) is 1.90. The minimum Gasteiger partial charge on any atom is -1.00 e. The third-order valence-electron chi connectivity index (χ3n) is 2.82. The molecule has 0 saturated heterocycles. The summed E-state index contributed by atoms with van der Waals surface area (Å²) in [5.74, 6) is 1.26. The summed E-state index contributed by atoms with van der Waals surface area (Å²) in [5, 5.41) is 3.25. The van der Waals surface area contributed by atoms with Crippen LogP contribution in [0.15, 0.2) is 35.2 Å². The van der Waals surface area contributed by atoms with Crippen LogP contribution in [-0.2, 0) is 7.05 Å². The van der Waals surface area contributed by atoms with Crippen molar-refractivity contribution in [1.82, 2.24) is 4.98 Å². The summed E-state index contributed by atoms with van der Waals surface area (Å²) < 4.78 is 1.85. The largest absolute Gasteiger partial charge is 1.00 e. The van der Waals surface area contributed by atoms with Crippen LogP contribution in [0.2, 0.25) is 0 Å². The fourth-order valence-electron chi connectivity index (χ4n) is 1.59. The molecule has 0 fully saturated rings. The molecule has 0 saturated carbocycles. The number of anilines is 3. The lowest BCUT2D eigenvalue weighted by Crippen LogP contribution is -3.00. The molecule has 6 heteroatoms. The second kappa shape index (κ2) is 6.95. The molecule has 0 radical (unpaired) electrons. The van der Waals surface area contributed by atoms with Crippen molar-refractivity contribution in [2.75, 3.05) is 17.3 Å². The fourth-order valence-corrected chi connectivity index (χ4v) is 2.00. The number of hydrogen-bond acceptors (Lipinski definition) is 4. The van der Waals surface area contributed by atoms with Gasteiger partial charge in [0.2, 0.25) is 5.82 Å². The Balaban J connectivity index is 0.00000180. The summed E-state index contributed by atoms with van der Waals surface area (Å²) in [6.07, 6.45) is 2.06. The van der Waals surface area contributed by atoms with E-state index in [1.807, 2.05) is 36.7 Å². The van der Waals surface area contributed by atoms with Gasteiger partial charge in [-0.2, -0.15) is 0 Å². The molecule has 102 valence electrons. The van der Waals surface area contributed by atoms with Gasteiger partial charge >= 0.3 is 5.95 Å². The van der Waals surface area contributed by atoms with Crippen molar-refractivity contribution in [3.63, 3.8) is 0 Å². The minimum atomic E-state index is 0. The van der Waals surface area contributed by atoms with Crippen molar-refractivity contribution in [3.8, 4) is 0 Å². The van der Waals surface area contributed by atoms with Crippen LogP contribution in [0, 0.1) is 6.92 Å². The van der Waals surface area contributed by atoms with E-state index in [0.717, 1.165) is 17.2 Å². The Hall–Kier alpha value is -1.02. The van der Waals surface area contributed by atoms with Crippen LogP contribution in [0.25, 0.3) is 0 Å². The van der Waals surface area contributed by atoms with Gasteiger partial charge in [-0.15, -0.1) is 11.8 Å². The van der Waals surface area contributed by atoms with Crippen LogP contribution in [-0.4, -0.2) is 11.2 Å². The van der Waals surface area contributed by atoms with E-state index in [-0.39, 0.29) is 24.0 Å². The summed E-state index contributed by atoms with van der Waals surface area (Å²) in [6.45, 7) is 2.00. The molecule has 1 aromatic heterocycles. The van der Waals surface area contributed by atoms with Crippen molar-refractivity contribution >= 4 is 29.2 Å². The van der Waals surface area contributed by atoms with E-state index < -0.39 is 0 Å². The zero-order chi connectivity index (χ0) is 13.1. The number of aryl methyl sites for hydroxylation is 1. The zero-order valence-electron chi connectivity index (χ0n) is 11.1. The number of benzene rings is 1. The molecule has 0 spiro atoms. The maximum Gasteiger partial charge on any atom is 0.391 e. The molecule has 0 amide bonds. The van der Waals surface area contributed by atoms with E-state index in [0.29, 0.717) is 5.95 Å². The maximum atomic E-state index is 5.83. The third-order valence-corrected chi connectivity index (χ3v) is 3.56. The first-order chi connectivity index (χ1) is 8.60. The van der Waals surface area contributed by atoms with Gasteiger partial charge in [0.15, 0.2) is 0 Å². The number of nitrogens with two attached hydrogens (primary N) is 1. The van der Waals surface area contributed by atoms with Crippen molar-refractivity contribution < 1.29 is 28.5 Å². The van der Waals surface area contributed by atoms with Crippen molar-refractivity contribution in [3.05, 3.63) is 36.0 Å². The second-order valence-electron chi connectivity index (χ2n) is 4.05. The molecule has 0 unspecified atom stereocenters. The molecule has 2 rings (SSSR count). The molecule has 0 aliphatic rings. The van der Waals surface area contributed by atoms with Crippen molar-refractivity contribution in [1.29, 1.82) is 0 Å². The Morgan fingerprint density at radius 3 is 2.42 bits per heavy atom. The lowest BCUT2D eigenvalue weighted by atomic mass is 10.3. The highest BCUT2D eigenvalue weighted by atomic mass is 127. The lowest BCUT2D eigenvalue weighted by Gasteiger charge is -2.06. The predicted octanol–water partition coefficient (Wildman–Crippen LogP) is -0.734. The average molecular weight is 388 g/mol. The average Bonchev–Trinajstić information content (AvgIpc) is 2.37. The molecular weight excluding hydrogens is 371 g/mol. The molecular formula is C13H17IN4S. The molecule has 0 aliphatic heterocycles. The first kappa shape index (κ1) is 16.0. The summed E-state index contributed by atoms with van der Waals surface area (Å²) in [6, 6.07) is 10.2. The Kier molecular flexibility index (Phi) is 5.86. The van der Waals surface area contributed by atoms with Gasteiger partial charge in [0.25, 0.3) is 0 Å². The minimum absolute atomic E-state index is 0. The van der Waals surface area contributed by atoms with E-state index in [9.17, 15) is 0 Å². The topological polar surface area (TPSA) is 54.8 Å². The predicted molar refractivity (Wildman–Crippen MR) is 76.1 cm³/mol. The van der Waals surface area contributed by atoms with Gasteiger partial charge in [0.1, 0.15) is 0 Å². The van der Waals surface area contributed by atoms with Gasteiger partial charge in [0, 0.05) is 16.6 Å². The lowest BCUT2D eigenvalue weighted by molar-refractivity contribution is -0.665. The summed E-state index contributed by atoms with van der Waals surface area (Å²) in [4.78, 5) is 5.54. The van der Waals surface area contributed by atoms with Crippen LogP contribution < -0.4 is 39.6 Å². The monoisotopic (exact) mass is 388 g/mol. The van der Waals surface area contributed by atoms with Gasteiger partial charge in [-0.3, -0.25) is 5.73 Å². The van der Waals surface area contributed by atoms with Gasteiger partial charge < -0.3 is 29.3 Å². The highest BCUT2D eigenvalue weighted by Crippen LogP contribution is 2.20. The van der Waals surface area contributed by atoms with E-state index in [1.165, 1.54) is 4.90 Å². The van der Waals surface area contributed by atoms with Gasteiger partial charge in [0.05, 0.1) is 12.7 Å². The maximum absolute atomic E-state index is 5.83. The van der Waals surface area contributed by atoms with Crippen LogP contribution in [0.5, 0.6) is 0 Å². The molecule has 1 heterocycles. The fraction of sp³-hybridized carbons (Fsp3) is 0.231. The zero-order valence-corrected chi connectivity index (χ0v) is 14.1.